The number of primary amides is 1. The first-order valence-electron chi connectivity index (χ1n) is 11.5. The molecule has 2 aromatic rings. The van der Waals surface area contributed by atoms with Crippen molar-refractivity contribution < 1.29 is 23.9 Å². The quantitative estimate of drug-likeness (QED) is 0.351. The van der Waals surface area contributed by atoms with Crippen LogP contribution in [-0.2, 0) is 19.1 Å². The highest BCUT2D eigenvalue weighted by Crippen LogP contribution is 2.29. The molecule has 0 aliphatic rings. The molecule has 2 aromatic carbocycles. The van der Waals surface area contributed by atoms with E-state index >= 15 is 0 Å². The second-order valence-electron chi connectivity index (χ2n) is 9.30. The van der Waals surface area contributed by atoms with E-state index in [0.29, 0.717) is 22.4 Å². The van der Waals surface area contributed by atoms with Crippen LogP contribution >= 0.6 is 11.6 Å². The second kappa shape index (κ2) is 12.7. The number of ether oxygens (including phenoxy) is 1. The molecule has 0 radical (unpaired) electrons. The Bertz CT molecular complexity index is 1280. The Kier molecular flexibility index (Phi) is 9.92. The maximum Gasteiger partial charge on any atom is 0.408 e. The molecule has 198 valence electrons. The number of benzene rings is 2. The molecule has 4 N–H and O–H groups in total. The van der Waals surface area contributed by atoms with E-state index in [1.54, 1.807) is 70.2 Å². The Balaban J connectivity index is 2.53. The van der Waals surface area contributed by atoms with Crippen molar-refractivity contribution in [1.82, 2.24) is 10.2 Å². The van der Waals surface area contributed by atoms with Gasteiger partial charge in [0.05, 0.1) is 17.1 Å². The van der Waals surface area contributed by atoms with Gasteiger partial charge in [0, 0.05) is 11.6 Å². The van der Waals surface area contributed by atoms with Crippen LogP contribution in [0, 0.1) is 31.7 Å². The minimum Gasteiger partial charge on any atom is -0.444 e. The van der Waals surface area contributed by atoms with Gasteiger partial charge in [0.2, 0.25) is 5.91 Å². The summed E-state index contributed by atoms with van der Waals surface area (Å²) in [6.45, 7) is 6.63. The smallest absolute Gasteiger partial charge is 0.408 e. The standard InChI is InChI=1S/C28H29ClN4O5/c1-7-18-12-14-19(15-13-18)24(25(35)32-23-17(3)10-9-11-20(23)29)33(8-2)26(36)21(16-22(30)34)31-27(37)38-28(4,5)6/h1-2,9-15,21,24H,16H2,3-6H3,(H2,30,34)(H,31,37)(H,32,35). The molecule has 0 heterocycles. The number of terminal acetylenes is 2. The minimum absolute atomic E-state index is 0.275. The van der Waals surface area contributed by atoms with Gasteiger partial charge in [-0.05, 0) is 57.0 Å². The van der Waals surface area contributed by atoms with E-state index in [1.807, 2.05) is 0 Å². The molecule has 0 aromatic heterocycles. The SMILES string of the molecule is C#Cc1ccc(C(C(=O)Nc2c(C)cccc2Cl)N(C#C)C(=O)C(CC(N)=O)NC(=O)OC(C)(C)C)cc1. The lowest BCUT2D eigenvalue weighted by Gasteiger charge is -2.30. The Morgan fingerprint density at radius 3 is 2.24 bits per heavy atom. The lowest BCUT2D eigenvalue weighted by atomic mass is 10.0. The number of carbonyl (C=O) groups is 4. The van der Waals surface area contributed by atoms with Crippen molar-refractivity contribution in [3.8, 4) is 24.8 Å². The number of hydrogen-bond acceptors (Lipinski definition) is 5. The molecule has 9 nitrogen and oxygen atoms in total. The zero-order valence-corrected chi connectivity index (χ0v) is 22.3. The number of anilines is 1. The summed E-state index contributed by atoms with van der Waals surface area (Å²) in [5.74, 6) is -0.0492. The first-order valence-corrected chi connectivity index (χ1v) is 11.8. The number of halogens is 1. The topological polar surface area (TPSA) is 131 Å². The second-order valence-corrected chi connectivity index (χ2v) is 9.70. The summed E-state index contributed by atoms with van der Waals surface area (Å²) in [4.78, 5) is 52.2. The van der Waals surface area contributed by atoms with Crippen molar-refractivity contribution in [1.29, 1.82) is 0 Å². The van der Waals surface area contributed by atoms with Crippen LogP contribution < -0.4 is 16.4 Å². The number of alkyl carbamates (subject to hydrolysis) is 1. The first kappa shape index (κ1) is 29.8. The number of para-hydroxylation sites is 1. The van der Waals surface area contributed by atoms with Gasteiger partial charge in [-0.2, -0.15) is 0 Å². The van der Waals surface area contributed by atoms with Crippen molar-refractivity contribution in [2.75, 3.05) is 5.32 Å². The lowest BCUT2D eigenvalue weighted by Crippen LogP contribution is -2.52. The largest absolute Gasteiger partial charge is 0.444 e. The number of nitrogens with zero attached hydrogens (tertiary/aromatic N) is 1. The van der Waals surface area contributed by atoms with E-state index in [0.717, 1.165) is 4.90 Å². The molecule has 4 amide bonds. The zero-order chi connectivity index (χ0) is 28.6. The third-order valence-electron chi connectivity index (χ3n) is 5.14. The van der Waals surface area contributed by atoms with Crippen LogP contribution in [0.2, 0.25) is 5.02 Å². The molecule has 0 aliphatic heterocycles. The molecule has 38 heavy (non-hydrogen) atoms. The molecule has 2 rings (SSSR count). The summed E-state index contributed by atoms with van der Waals surface area (Å²) < 4.78 is 5.20. The van der Waals surface area contributed by atoms with Crippen LogP contribution in [0.25, 0.3) is 0 Å². The summed E-state index contributed by atoms with van der Waals surface area (Å²) in [6, 6.07) is 10.6. The predicted molar refractivity (Wildman–Crippen MR) is 145 cm³/mol. The summed E-state index contributed by atoms with van der Waals surface area (Å²) in [7, 11) is 0. The van der Waals surface area contributed by atoms with Gasteiger partial charge in [-0.15, -0.1) is 6.42 Å². The number of carbonyl (C=O) groups excluding carboxylic acids is 4. The Morgan fingerprint density at radius 1 is 1.11 bits per heavy atom. The van der Waals surface area contributed by atoms with Crippen LogP contribution in [-0.4, -0.2) is 40.4 Å². The van der Waals surface area contributed by atoms with Crippen molar-refractivity contribution in [3.63, 3.8) is 0 Å². The van der Waals surface area contributed by atoms with Gasteiger partial charge in [-0.3, -0.25) is 19.3 Å². The van der Waals surface area contributed by atoms with E-state index in [-0.39, 0.29) is 5.02 Å². The fourth-order valence-electron chi connectivity index (χ4n) is 3.45. The average molecular weight is 537 g/mol. The molecule has 10 heteroatoms. The highest BCUT2D eigenvalue weighted by atomic mass is 35.5. The van der Waals surface area contributed by atoms with Gasteiger partial charge in [0.25, 0.3) is 11.8 Å². The normalized spacial score (nSPS) is 12.2. The number of amides is 4. The molecule has 2 unspecified atom stereocenters. The molecule has 2 atom stereocenters. The molecule has 0 aliphatic carbocycles. The summed E-state index contributed by atoms with van der Waals surface area (Å²) in [5.41, 5.74) is 6.28. The van der Waals surface area contributed by atoms with Gasteiger partial charge < -0.3 is 21.1 Å². The van der Waals surface area contributed by atoms with Crippen LogP contribution in [0.5, 0.6) is 0 Å². The number of rotatable bonds is 8. The number of nitrogens with one attached hydrogen (secondary N) is 2. The van der Waals surface area contributed by atoms with E-state index in [9.17, 15) is 19.2 Å². The van der Waals surface area contributed by atoms with E-state index < -0.39 is 47.9 Å². The first-order chi connectivity index (χ1) is 17.8. The number of hydrogen-bond donors (Lipinski definition) is 3. The fraction of sp³-hybridized carbons (Fsp3) is 0.286. The molecule has 0 fully saturated rings. The summed E-state index contributed by atoms with van der Waals surface area (Å²) >= 11 is 6.29. The minimum atomic E-state index is -1.51. The highest BCUT2D eigenvalue weighted by Gasteiger charge is 2.37. The van der Waals surface area contributed by atoms with E-state index in [1.165, 1.54) is 0 Å². The van der Waals surface area contributed by atoms with Gasteiger partial charge in [0.15, 0.2) is 0 Å². The van der Waals surface area contributed by atoms with Crippen molar-refractivity contribution in [3.05, 3.63) is 64.2 Å². The van der Waals surface area contributed by atoms with Crippen molar-refractivity contribution >= 4 is 41.1 Å². The third-order valence-corrected chi connectivity index (χ3v) is 5.46. The molecule has 0 spiro atoms. The van der Waals surface area contributed by atoms with Crippen molar-refractivity contribution in [2.24, 2.45) is 5.73 Å². The zero-order valence-electron chi connectivity index (χ0n) is 21.5. The van der Waals surface area contributed by atoms with Crippen molar-refractivity contribution in [2.45, 2.75) is 51.8 Å². The molecular weight excluding hydrogens is 508 g/mol. The average Bonchev–Trinajstić information content (AvgIpc) is 2.82. The van der Waals surface area contributed by atoms with Crippen LogP contribution in [0.3, 0.4) is 0 Å². The molecule has 0 saturated carbocycles. The van der Waals surface area contributed by atoms with Gasteiger partial charge >= 0.3 is 6.09 Å². The Labute approximate surface area is 227 Å². The maximum absolute atomic E-state index is 13.6. The van der Waals surface area contributed by atoms with Crippen LogP contribution in [0.4, 0.5) is 10.5 Å². The van der Waals surface area contributed by atoms with E-state index in [4.69, 9.17) is 34.9 Å². The van der Waals surface area contributed by atoms with Gasteiger partial charge in [-0.25, -0.2) is 4.79 Å². The Hall–Kier alpha value is -4.47. The fourth-order valence-corrected chi connectivity index (χ4v) is 3.71. The third kappa shape index (κ3) is 8.02. The monoisotopic (exact) mass is 536 g/mol. The lowest BCUT2D eigenvalue weighted by molar-refractivity contribution is -0.138. The number of aryl methyl sites for hydroxylation is 1. The van der Waals surface area contributed by atoms with Gasteiger partial charge in [-0.1, -0.05) is 48.2 Å². The Morgan fingerprint density at radius 2 is 1.74 bits per heavy atom. The summed E-state index contributed by atoms with van der Waals surface area (Å²) in [5, 5.41) is 5.32. The van der Waals surface area contributed by atoms with Crippen LogP contribution in [0.15, 0.2) is 42.5 Å². The number of nitrogens with two attached hydrogens (primary N) is 1. The summed E-state index contributed by atoms with van der Waals surface area (Å²) in [6.07, 6.45) is 9.60. The highest BCUT2D eigenvalue weighted by molar-refractivity contribution is 6.34. The molecular formula is C28H29ClN4O5. The van der Waals surface area contributed by atoms with Gasteiger partial charge in [0.1, 0.15) is 17.7 Å². The molecule has 0 saturated heterocycles. The van der Waals surface area contributed by atoms with E-state index in [2.05, 4.69) is 22.6 Å². The molecule has 0 bridgehead atoms. The maximum atomic E-state index is 13.6. The van der Waals surface area contributed by atoms with Crippen LogP contribution in [0.1, 0.15) is 49.9 Å². The predicted octanol–water partition coefficient (Wildman–Crippen LogP) is 3.50.